The van der Waals surface area contributed by atoms with Gasteiger partial charge in [0.05, 0.1) is 0 Å². The molecule has 1 N–H and O–H groups in total. The topological polar surface area (TPSA) is 59.8 Å². The Kier molecular flexibility index (Phi) is 6.77. The quantitative estimate of drug-likeness (QED) is 0.320. The summed E-state index contributed by atoms with van der Waals surface area (Å²) in [6, 6.07) is 15.1. The molecule has 2 aliphatic rings. The number of benzene rings is 2. The van der Waals surface area contributed by atoms with Crippen molar-refractivity contribution in [1.29, 1.82) is 0 Å². The molecule has 0 saturated carbocycles. The van der Waals surface area contributed by atoms with E-state index < -0.39 is 6.04 Å². The van der Waals surface area contributed by atoms with Gasteiger partial charge in [-0.3, -0.25) is 4.79 Å². The fraction of sp³-hybridized carbons (Fsp3) is 0.208. The van der Waals surface area contributed by atoms with Crippen LogP contribution in [-0.4, -0.2) is 20.4 Å². The number of pyridine rings is 1. The number of anilines is 1. The molecule has 32 heavy (non-hydrogen) atoms. The van der Waals surface area contributed by atoms with E-state index in [4.69, 9.17) is 11.6 Å². The summed E-state index contributed by atoms with van der Waals surface area (Å²) in [6.45, 7) is 3.88. The Morgan fingerprint density at radius 1 is 1.19 bits per heavy atom. The van der Waals surface area contributed by atoms with Crippen molar-refractivity contribution in [3.63, 3.8) is 0 Å². The third-order valence-corrected chi connectivity index (χ3v) is 6.31. The number of aromatic nitrogens is 3. The van der Waals surface area contributed by atoms with E-state index in [1.54, 1.807) is 24.3 Å². The molecule has 2 aliphatic heterocycles. The minimum absolute atomic E-state index is 0.140. The molecule has 2 aromatic rings. The normalized spacial score (nSPS) is 12.1. The molecular weight excluding hydrogens is 447 g/mol. The standard InChI is InChI=1S/C24H22ClFN4OS/c1-3-21(23(31)27-20-13-17(25)9-6-15(20)2)30-12-4-5-19-22(30)29-24(28-19)32-14-16-7-10-18(26)11-8-16/h4-13,21H,3,14H2,1-2H3,(H,27,31). The van der Waals surface area contributed by atoms with Gasteiger partial charge in [-0.25, -0.2) is 14.4 Å². The Labute approximate surface area is 195 Å². The van der Waals surface area contributed by atoms with E-state index in [0.29, 0.717) is 33.9 Å². The summed E-state index contributed by atoms with van der Waals surface area (Å²) in [5.41, 5.74) is 3.34. The highest BCUT2D eigenvalue weighted by atomic mass is 35.5. The number of imidazole rings is 1. The Bertz CT molecular complexity index is 1210. The maximum atomic E-state index is 13.1. The Morgan fingerprint density at radius 2 is 1.97 bits per heavy atom. The molecule has 0 saturated heterocycles. The van der Waals surface area contributed by atoms with Gasteiger partial charge in [0.1, 0.15) is 17.6 Å². The second kappa shape index (κ2) is 9.71. The summed E-state index contributed by atoms with van der Waals surface area (Å²) in [7, 11) is 0. The van der Waals surface area contributed by atoms with Gasteiger partial charge in [0.25, 0.3) is 0 Å². The Hall–Kier alpha value is -2.90. The monoisotopic (exact) mass is 468 g/mol. The van der Waals surface area contributed by atoms with Crippen molar-refractivity contribution >= 4 is 35.0 Å². The summed E-state index contributed by atoms with van der Waals surface area (Å²) in [5, 5.41) is 4.18. The first-order valence-corrected chi connectivity index (χ1v) is 11.6. The SMILES string of the molecule is CCC(C(=O)Nc1cc(Cl)ccc1C)n1cccc2nc(SCc3ccc(F)cc3)nc1-2. The second-order valence-electron chi connectivity index (χ2n) is 7.42. The first-order chi connectivity index (χ1) is 15.4. The number of thioether (sulfide) groups is 1. The van der Waals surface area contributed by atoms with Crippen LogP contribution in [0.5, 0.6) is 0 Å². The third kappa shape index (κ3) is 4.95. The lowest BCUT2D eigenvalue weighted by Gasteiger charge is -2.21. The largest absolute Gasteiger partial charge is 0.324 e. The zero-order valence-corrected chi connectivity index (χ0v) is 19.3. The second-order valence-corrected chi connectivity index (χ2v) is 8.80. The summed E-state index contributed by atoms with van der Waals surface area (Å²) in [6.07, 6.45) is 2.43. The van der Waals surface area contributed by atoms with Crippen LogP contribution >= 0.6 is 23.4 Å². The summed E-state index contributed by atoms with van der Waals surface area (Å²) in [5.74, 6) is 0.882. The van der Waals surface area contributed by atoms with Crippen LogP contribution in [0, 0.1) is 12.7 Å². The smallest absolute Gasteiger partial charge is 0.247 e. The molecule has 5 nitrogen and oxygen atoms in total. The lowest BCUT2D eigenvalue weighted by Crippen LogP contribution is -2.27. The van der Waals surface area contributed by atoms with Gasteiger partial charge in [0.2, 0.25) is 5.91 Å². The molecule has 0 bridgehead atoms. The Morgan fingerprint density at radius 3 is 2.72 bits per heavy atom. The molecular formula is C24H22ClFN4OS. The number of nitrogens with zero attached hydrogens (tertiary/aromatic N) is 3. The highest BCUT2D eigenvalue weighted by molar-refractivity contribution is 7.98. The van der Waals surface area contributed by atoms with Gasteiger partial charge in [-0.2, -0.15) is 0 Å². The van der Waals surface area contributed by atoms with Crippen LogP contribution in [0.15, 0.2) is 66.0 Å². The highest BCUT2D eigenvalue weighted by Gasteiger charge is 2.24. The van der Waals surface area contributed by atoms with E-state index in [9.17, 15) is 9.18 Å². The van der Waals surface area contributed by atoms with E-state index in [-0.39, 0.29) is 11.7 Å². The zero-order chi connectivity index (χ0) is 22.7. The van der Waals surface area contributed by atoms with Gasteiger partial charge in [-0.15, -0.1) is 0 Å². The molecule has 1 atom stereocenters. The van der Waals surface area contributed by atoms with E-state index in [1.807, 2.05) is 42.8 Å². The number of halogens is 2. The van der Waals surface area contributed by atoms with Gasteiger partial charge in [-0.1, -0.05) is 48.5 Å². The predicted octanol–water partition coefficient (Wildman–Crippen LogP) is 6.37. The fourth-order valence-corrected chi connectivity index (χ4v) is 4.40. The molecule has 164 valence electrons. The number of carbonyl (C=O) groups is 1. The molecule has 1 unspecified atom stereocenters. The van der Waals surface area contributed by atoms with Gasteiger partial charge in [0, 0.05) is 22.7 Å². The van der Waals surface area contributed by atoms with Crippen LogP contribution in [0.4, 0.5) is 10.1 Å². The van der Waals surface area contributed by atoms with E-state index in [2.05, 4.69) is 15.3 Å². The van der Waals surface area contributed by atoms with Crippen LogP contribution in [-0.2, 0) is 10.5 Å². The summed E-state index contributed by atoms with van der Waals surface area (Å²) < 4.78 is 15.0. The predicted molar refractivity (Wildman–Crippen MR) is 127 cm³/mol. The van der Waals surface area contributed by atoms with Crippen LogP contribution in [0.2, 0.25) is 5.02 Å². The summed E-state index contributed by atoms with van der Waals surface area (Å²) >= 11 is 7.57. The molecule has 0 spiro atoms. The number of amides is 1. The molecule has 8 heteroatoms. The Balaban J connectivity index is 1.56. The minimum atomic E-state index is -0.455. The molecule has 0 radical (unpaired) electrons. The van der Waals surface area contributed by atoms with Crippen LogP contribution in [0.25, 0.3) is 11.5 Å². The van der Waals surface area contributed by atoms with Gasteiger partial charge >= 0.3 is 0 Å². The molecule has 0 aromatic heterocycles. The molecule has 2 heterocycles. The zero-order valence-electron chi connectivity index (χ0n) is 17.7. The average molecular weight is 469 g/mol. The lowest BCUT2D eigenvalue weighted by atomic mass is 10.1. The maximum Gasteiger partial charge on any atom is 0.247 e. The van der Waals surface area contributed by atoms with Crippen molar-refractivity contribution < 1.29 is 9.18 Å². The summed E-state index contributed by atoms with van der Waals surface area (Å²) in [4.78, 5) is 22.4. The number of nitrogens with one attached hydrogen (secondary N) is 1. The molecule has 0 fully saturated rings. The van der Waals surface area contributed by atoms with Gasteiger partial charge in [-0.05, 0) is 60.9 Å². The number of fused-ring (bicyclic) bond motifs is 1. The van der Waals surface area contributed by atoms with Gasteiger partial charge in [0.15, 0.2) is 11.0 Å². The van der Waals surface area contributed by atoms with Crippen molar-refractivity contribution in [3.8, 4) is 11.5 Å². The number of hydrogen-bond donors (Lipinski definition) is 1. The van der Waals surface area contributed by atoms with Crippen molar-refractivity contribution in [3.05, 3.63) is 82.8 Å². The number of rotatable bonds is 7. The fourth-order valence-electron chi connectivity index (χ4n) is 3.42. The van der Waals surface area contributed by atoms with Crippen molar-refractivity contribution in [2.24, 2.45) is 0 Å². The molecule has 0 aliphatic carbocycles. The minimum Gasteiger partial charge on any atom is -0.324 e. The molecule has 2 aromatic carbocycles. The van der Waals surface area contributed by atoms with E-state index in [0.717, 1.165) is 16.8 Å². The van der Waals surface area contributed by atoms with E-state index >= 15 is 0 Å². The number of aryl methyl sites for hydroxylation is 1. The van der Waals surface area contributed by atoms with Crippen molar-refractivity contribution in [2.45, 2.75) is 37.2 Å². The molecule has 4 rings (SSSR count). The van der Waals surface area contributed by atoms with Crippen molar-refractivity contribution in [2.75, 3.05) is 5.32 Å². The van der Waals surface area contributed by atoms with E-state index in [1.165, 1.54) is 23.9 Å². The number of hydrogen-bond acceptors (Lipinski definition) is 4. The van der Waals surface area contributed by atoms with Gasteiger partial charge < -0.3 is 9.88 Å². The maximum absolute atomic E-state index is 13.1. The van der Waals surface area contributed by atoms with Crippen LogP contribution in [0.1, 0.15) is 30.5 Å². The van der Waals surface area contributed by atoms with Crippen molar-refractivity contribution in [1.82, 2.24) is 14.5 Å². The first kappa shape index (κ1) is 22.3. The third-order valence-electron chi connectivity index (χ3n) is 5.16. The highest BCUT2D eigenvalue weighted by Crippen LogP contribution is 2.30. The van der Waals surface area contributed by atoms with Crippen LogP contribution < -0.4 is 5.32 Å². The molecule has 1 amide bonds. The van der Waals surface area contributed by atoms with Crippen LogP contribution in [0.3, 0.4) is 0 Å². The average Bonchev–Trinajstić information content (AvgIpc) is 3.20. The first-order valence-electron chi connectivity index (χ1n) is 10.2. The lowest BCUT2D eigenvalue weighted by molar-refractivity contribution is -0.119. The number of carbonyl (C=O) groups excluding carboxylic acids is 1.